The normalized spacial score (nSPS) is 12.7. The lowest BCUT2D eigenvalue weighted by Crippen LogP contribution is -2.36. The number of anilines is 1. The van der Waals surface area contributed by atoms with E-state index in [4.69, 9.17) is 5.73 Å². The van der Waals surface area contributed by atoms with Crippen LogP contribution in [0.4, 0.5) is 23.2 Å². The molecule has 0 aliphatic carbocycles. The van der Waals surface area contributed by atoms with Gasteiger partial charge in [0.15, 0.2) is 0 Å². The molecule has 0 saturated heterocycles. The van der Waals surface area contributed by atoms with Crippen LogP contribution in [0.25, 0.3) is 0 Å². The quantitative estimate of drug-likeness (QED) is 0.815. The van der Waals surface area contributed by atoms with Crippen molar-refractivity contribution >= 4 is 11.6 Å². The Balaban J connectivity index is 2.01. The molecule has 1 amide bonds. The van der Waals surface area contributed by atoms with Crippen molar-refractivity contribution in [2.45, 2.75) is 25.1 Å². The van der Waals surface area contributed by atoms with Crippen LogP contribution in [0, 0.1) is 5.82 Å². The largest absolute Gasteiger partial charge is 0.416 e. The molecule has 0 radical (unpaired) electrons. The van der Waals surface area contributed by atoms with Crippen molar-refractivity contribution in [3.8, 4) is 0 Å². The number of benzene rings is 2. The van der Waals surface area contributed by atoms with Gasteiger partial charge in [0.1, 0.15) is 5.82 Å². The second-order valence-corrected chi connectivity index (χ2v) is 5.31. The third-order valence-electron chi connectivity index (χ3n) is 3.48. The second-order valence-electron chi connectivity index (χ2n) is 5.31. The zero-order valence-electron chi connectivity index (χ0n) is 12.6. The van der Waals surface area contributed by atoms with Crippen LogP contribution in [-0.4, -0.2) is 11.9 Å². The van der Waals surface area contributed by atoms with E-state index in [0.29, 0.717) is 24.6 Å². The fourth-order valence-corrected chi connectivity index (χ4v) is 2.12. The van der Waals surface area contributed by atoms with Crippen LogP contribution in [0.15, 0.2) is 48.5 Å². The van der Waals surface area contributed by atoms with Gasteiger partial charge in [-0.25, -0.2) is 4.39 Å². The molecule has 0 aliphatic heterocycles. The summed E-state index contributed by atoms with van der Waals surface area (Å²) < 4.78 is 51.5. The topological polar surface area (TPSA) is 55.1 Å². The maximum atomic E-state index is 13.6. The zero-order chi connectivity index (χ0) is 17.7. The molecule has 3 N–H and O–H groups in total. The summed E-state index contributed by atoms with van der Waals surface area (Å²) in [5.41, 5.74) is 5.13. The summed E-state index contributed by atoms with van der Waals surface area (Å²) in [6.07, 6.45) is -3.81. The van der Waals surface area contributed by atoms with E-state index in [0.717, 1.165) is 5.56 Å². The Labute approximate surface area is 136 Å². The third-order valence-corrected chi connectivity index (χ3v) is 3.48. The van der Waals surface area contributed by atoms with E-state index in [1.165, 1.54) is 0 Å². The molecule has 1 atom stereocenters. The molecular formula is C17H16F4N2O. The van der Waals surface area contributed by atoms with E-state index in [1.807, 2.05) is 30.3 Å². The van der Waals surface area contributed by atoms with Gasteiger partial charge in [0, 0.05) is 0 Å². The minimum absolute atomic E-state index is 0.288. The van der Waals surface area contributed by atoms with Crippen molar-refractivity contribution in [3.63, 3.8) is 0 Å². The maximum Gasteiger partial charge on any atom is 0.416 e. The first-order valence-electron chi connectivity index (χ1n) is 7.24. The maximum absolute atomic E-state index is 13.6. The van der Waals surface area contributed by atoms with E-state index in [-0.39, 0.29) is 6.42 Å². The van der Waals surface area contributed by atoms with Gasteiger partial charge in [-0.1, -0.05) is 30.3 Å². The first-order chi connectivity index (χ1) is 11.3. The fourth-order valence-electron chi connectivity index (χ4n) is 2.12. The highest BCUT2D eigenvalue weighted by Crippen LogP contribution is 2.31. The molecule has 0 saturated carbocycles. The molecule has 2 rings (SSSR count). The molecular weight excluding hydrogens is 324 g/mol. The summed E-state index contributed by atoms with van der Waals surface area (Å²) >= 11 is 0. The van der Waals surface area contributed by atoms with Gasteiger partial charge in [-0.3, -0.25) is 4.79 Å². The average Bonchev–Trinajstić information content (AvgIpc) is 2.54. The van der Waals surface area contributed by atoms with Gasteiger partial charge in [0.2, 0.25) is 5.91 Å². The number of rotatable bonds is 5. The molecule has 7 heteroatoms. The van der Waals surface area contributed by atoms with E-state index in [2.05, 4.69) is 5.32 Å². The smallest absolute Gasteiger partial charge is 0.322 e. The Hall–Kier alpha value is -2.41. The van der Waals surface area contributed by atoms with Crippen molar-refractivity contribution in [2.24, 2.45) is 5.73 Å². The molecule has 3 nitrogen and oxygen atoms in total. The lowest BCUT2D eigenvalue weighted by molar-refractivity contribution is -0.137. The first-order valence-corrected chi connectivity index (χ1v) is 7.24. The molecule has 0 aliphatic rings. The van der Waals surface area contributed by atoms with Gasteiger partial charge in [0.25, 0.3) is 0 Å². The van der Waals surface area contributed by atoms with Crippen LogP contribution in [0.1, 0.15) is 17.5 Å². The predicted octanol–water partition coefficient (Wildman–Crippen LogP) is 3.74. The highest BCUT2D eigenvalue weighted by molar-refractivity contribution is 5.94. The van der Waals surface area contributed by atoms with Crippen LogP contribution in [0.3, 0.4) is 0 Å². The van der Waals surface area contributed by atoms with Crippen LogP contribution < -0.4 is 11.1 Å². The molecule has 0 unspecified atom stereocenters. The zero-order valence-corrected chi connectivity index (χ0v) is 12.6. The number of hydrogen-bond donors (Lipinski definition) is 2. The number of amides is 1. The summed E-state index contributed by atoms with van der Waals surface area (Å²) in [6, 6.07) is 10.2. The number of alkyl halides is 3. The number of aryl methyl sites for hydroxylation is 1. The van der Waals surface area contributed by atoms with Gasteiger partial charge in [-0.05, 0) is 36.6 Å². The second kappa shape index (κ2) is 7.44. The summed E-state index contributed by atoms with van der Waals surface area (Å²) in [5, 5.41) is 2.12. The Morgan fingerprint density at radius 3 is 2.42 bits per heavy atom. The molecule has 24 heavy (non-hydrogen) atoms. The number of halogens is 4. The molecule has 0 heterocycles. The molecule has 0 bridgehead atoms. The Bertz CT molecular complexity index is 701. The molecule has 0 aromatic heterocycles. The van der Waals surface area contributed by atoms with Crippen LogP contribution in [-0.2, 0) is 17.4 Å². The van der Waals surface area contributed by atoms with Crippen LogP contribution in [0.5, 0.6) is 0 Å². The highest BCUT2D eigenvalue weighted by atomic mass is 19.4. The third kappa shape index (κ3) is 4.79. The summed E-state index contributed by atoms with van der Waals surface area (Å²) in [5.74, 6) is -1.68. The standard InChI is InChI=1S/C17H16F4N2O/c18-13-8-7-12(17(19,20)21)10-15(13)23-16(24)14(22)9-6-11-4-2-1-3-5-11/h1-5,7-8,10,14H,6,9,22H2,(H,23,24)/t14-/m1/s1. The van der Waals surface area contributed by atoms with Gasteiger partial charge in [-0.15, -0.1) is 0 Å². The van der Waals surface area contributed by atoms with Gasteiger partial charge < -0.3 is 11.1 Å². The SMILES string of the molecule is N[C@H](CCc1ccccc1)C(=O)Nc1cc(C(F)(F)F)ccc1F. The Morgan fingerprint density at radius 1 is 1.12 bits per heavy atom. The van der Waals surface area contributed by atoms with Crippen molar-refractivity contribution in [1.82, 2.24) is 0 Å². The lowest BCUT2D eigenvalue weighted by Gasteiger charge is -2.14. The number of carbonyl (C=O) groups excluding carboxylic acids is 1. The average molecular weight is 340 g/mol. The molecule has 128 valence electrons. The number of nitrogens with one attached hydrogen (secondary N) is 1. The van der Waals surface area contributed by atoms with Crippen molar-refractivity contribution < 1.29 is 22.4 Å². The Morgan fingerprint density at radius 2 is 1.79 bits per heavy atom. The highest BCUT2D eigenvalue weighted by Gasteiger charge is 2.31. The summed E-state index contributed by atoms with van der Waals surface area (Å²) in [7, 11) is 0. The molecule has 0 fully saturated rings. The number of carbonyl (C=O) groups is 1. The van der Waals surface area contributed by atoms with Crippen molar-refractivity contribution in [3.05, 3.63) is 65.5 Å². The fraction of sp³-hybridized carbons (Fsp3) is 0.235. The van der Waals surface area contributed by atoms with Gasteiger partial charge in [0.05, 0.1) is 17.3 Å². The van der Waals surface area contributed by atoms with E-state index in [9.17, 15) is 22.4 Å². The first kappa shape index (κ1) is 17.9. The van der Waals surface area contributed by atoms with Gasteiger partial charge in [-0.2, -0.15) is 13.2 Å². The molecule has 2 aromatic carbocycles. The minimum atomic E-state index is -4.62. The minimum Gasteiger partial charge on any atom is -0.322 e. The summed E-state index contributed by atoms with van der Waals surface area (Å²) in [4.78, 5) is 12.0. The van der Waals surface area contributed by atoms with E-state index in [1.54, 1.807) is 0 Å². The lowest BCUT2D eigenvalue weighted by atomic mass is 10.1. The van der Waals surface area contributed by atoms with E-state index >= 15 is 0 Å². The van der Waals surface area contributed by atoms with Crippen molar-refractivity contribution in [2.75, 3.05) is 5.32 Å². The molecule has 2 aromatic rings. The summed E-state index contributed by atoms with van der Waals surface area (Å²) in [6.45, 7) is 0. The van der Waals surface area contributed by atoms with Gasteiger partial charge >= 0.3 is 6.18 Å². The number of nitrogens with two attached hydrogens (primary N) is 1. The van der Waals surface area contributed by atoms with Crippen LogP contribution >= 0.6 is 0 Å². The van der Waals surface area contributed by atoms with Crippen molar-refractivity contribution in [1.29, 1.82) is 0 Å². The monoisotopic (exact) mass is 340 g/mol. The molecule has 0 spiro atoms. The number of hydrogen-bond acceptors (Lipinski definition) is 2. The Kier molecular flexibility index (Phi) is 5.56. The predicted molar refractivity (Wildman–Crippen MR) is 82.8 cm³/mol. The van der Waals surface area contributed by atoms with Crippen LogP contribution in [0.2, 0.25) is 0 Å². The van der Waals surface area contributed by atoms with E-state index < -0.39 is 35.2 Å².